The molecule has 1 aliphatic rings. The van der Waals surface area contributed by atoms with Crippen LogP contribution in [0, 0.1) is 6.92 Å². The molecular weight excluding hydrogens is 324 g/mol. The zero-order valence-electron chi connectivity index (χ0n) is 14.2. The minimum Gasteiger partial charge on any atom is -0.351 e. The summed E-state index contributed by atoms with van der Waals surface area (Å²) < 4.78 is 1.71. The molecule has 3 heterocycles. The molecule has 2 aromatic heterocycles. The lowest BCUT2D eigenvalue weighted by atomic mass is 10.3. The second-order valence-corrected chi connectivity index (χ2v) is 6.77. The van der Waals surface area contributed by atoms with Crippen LogP contribution in [0.25, 0.3) is 0 Å². The fourth-order valence-corrected chi connectivity index (χ4v) is 3.60. The van der Waals surface area contributed by atoms with E-state index in [1.165, 1.54) is 10.4 Å². The van der Waals surface area contributed by atoms with Gasteiger partial charge in [0.1, 0.15) is 6.54 Å². The molecule has 0 aliphatic carbocycles. The summed E-state index contributed by atoms with van der Waals surface area (Å²) >= 11 is 1.73. The fourth-order valence-electron chi connectivity index (χ4n) is 2.75. The Balaban J connectivity index is 1.61. The molecule has 0 aromatic carbocycles. The Morgan fingerprint density at radius 2 is 2.29 bits per heavy atom. The van der Waals surface area contributed by atoms with Crippen molar-refractivity contribution in [2.24, 2.45) is 12.0 Å². The van der Waals surface area contributed by atoms with Crippen molar-refractivity contribution < 1.29 is 4.79 Å². The van der Waals surface area contributed by atoms with Crippen LogP contribution in [0.15, 0.2) is 28.8 Å². The molecule has 2 aromatic rings. The van der Waals surface area contributed by atoms with E-state index in [1.807, 2.05) is 18.1 Å². The summed E-state index contributed by atoms with van der Waals surface area (Å²) in [6.45, 7) is 4.52. The second-order valence-electron chi connectivity index (χ2n) is 5.77. The van der Waals surface area contributed by atoms with Gasteiger partial charge in [0.25, 0.3) is 0 Å². The zero-order chi connectivity index (χ0) is 17.1. The fraction of sp³-hybridized carbons (Fsp3) is 0.438. The summed E-state index contributed by atoms with van der Waals surface area (Å²) in [7, 11) is 3.60. The maximum Gasteiger partial charge on any atom is 0.246 e. The highest BCUT2D eigenvalue weighted by molar-refractivity contribution is 7.10. The van der Waals surface area contributed by atoms with Gasteiger partial charge in [-0.2, -0.15) is 5.10 Å². The Bertz CT molecular complexity index is 749. The van der Waals surface area contributed by atoms with E-state index in [4.69, 9.17) is 0 Å². The maximum atomic E-state index is 12.5. The number of guanidine groups is 1. The van der Waals surface area contributed by atoms with Crippen molar-refractivity contribution >= 4 is 28.9 Å². The largest absolute Gasteiger partial charge is 0.351 e. The first kappa shape index (κ1) is 16.5. The maximum absolute atomic E-state index is 12.5. The van der Waals surface area contributed by atoms with Gasteiger partial charge < -0.3 is 15.1 Å². The molecule has 7 nitrogen and oxygen atoms in total. The molecule has 0 saturated carbocycles. The topological polar surface area (TPSA) is 65.8 Å². The van der Waals surface area contributed by atoms with E-state index in [9.17, 15) is 4.79 Å². The quantitative estimate of drug-likeness (QED) is 0.670. The Labute approximate surface area is 145 Å². The zero-order valence-corrected chi connectivity index (χ0v) is 15.0. The van der Waals surface area contributed by atoms with Crippen molar-refractivity contribution in [3.8, 4) is 0 Å². The Kier molecular flexibility index (Phi) is 4.84. The number of amides is 1. The van der Waals surface area contributed by atoms with E-state index in [1.54, 1.807) is 34.2 Å². The molecule has 1 fully saturated rings. The van der Waals surface area contributed by atoms with Gasteiger partial charge >= 0.3 is 0 Å². The molecule has 8 heteroatoms. The van der Waals surface area contributed by atoms with Gasteiger partial charge in [-0.3, -0.25) is 14.5 Å². The van der Waals surface area contributed by atoms with Crippen LogP contribution in [-0.2, 0) is 18.4 Å². The summed E-state index contributed by atoms with van der Waals surface area (Å²) in [5, 5.41) is 9.59. The lowest BCUT2D eigenvalue weighted by Gasteiger charge is -2.35. The molecule has 0 radical (unpaired) electrons. The first-order chi connectivity index (χ1) is 11.6. The molecule has 128 valence electrons. The standard InChI is InChI=1S/C16H22N6OS/c1-12-4-7-24-14(12)9-18-16(17-2)21-5-6-22(15(23)11-21)13-8-19-20(3)10-13/h4,7-8,10H,5-6,9,11H2,1-3H3,(H,17,18). The number of anilines is 1. The Morgan fingerprint density at radius 1 is 1.46 bits per heavy atom. The SMILES string of the molecule is CN=C(NCc1sccc1C)N1CCN(c2cnn(C)c2)C(=O)C1. The van der Waals surface area contributed by atoms with Crippen molar-refractivity contribution in [3.05, 3.63) is 34.3 Å². The van der Waals surface area contributed by atoms with Gasteiger partial charge in [-0.15, -0.1) is 11.3 Å². The number of rotatable bonds is 3. The summed E-state index contributed by atoms with van der Waals surface area (Å²) in [4.78, 5) is 21.9. The third kappa shape index (κ3) is 3.43. The van der Waals surface area contributed by atoms with Crippen LogP contribution in [-0.4, -0.2) is 53.2 Å². The summed E-state index contributed by atoms with van der Waals surface area (Å²) in [5.74, 6) is 0.825. The molecule has 1 aliphatic heterocycles. The molecule has 0 bridgehead atoms. The predicted octanol–water partition coefficient (Wildman–Crippen LogP) is 1.21. The van der Waals surface area contributed by atoms with E-state index >= 15 is 0 Å². The van der Waals surface area contributed by atoms with Crippen LogP contribution in [0.2, 0.25) is 0 Å². The van der Waals surface area contributed by atoms with Crippen LogP contribution >= 0.6 is 11.3 Å². The van der Waals surface area contributed by atoms with Crippen LogP contribution in [0.5, 0.6) is 0 Å². The number of aromatic nitrogens is 2. The normalized spacial score (nSPS) is 16.0. The lowest BCUT2D eigenvalue weighted by molar-refractivity contribution is -0.120. The molecule has 24 heavy (non-hydrogen) atoms. The van der Waals surface area contributed by atoms with Crippen molar-refractivity contribution in [3.63, 3.8) is 0 Å². The second kappa shape index (κ2) is 7.04. The third-order valence-corrected chi connectivity index (χ3v) is 5.13. The molecule has 0 atom stereocenters. The number of carbonyl (C=O) groups is 1. The van der Waals surface area contributed by atoms with E-state index in [2.05, 4.69) is 33.8 Å². The average molecular weight is 346 g/mol. The number of hydrogen-bond acceptors (Lipinski definition) is 4. The number of hydrogen-bond donors (Lipinski definition) is 1. The highest BCUT2D eigenvalue weighted by Gasteiger charge is 2.27. The van der Waals surface area contributed by atoms with Crippen LogP contribution in [0.4, 0.5) is 5.69 Å². The summed E-state index contributed by atoms with van der Waals surface area (Å²) in [6.07, 6.45) is 3.58. The molecule has 0 spiro atoms. The van der Waals surface area contributed by atoms with Gasteiger partial charge in [0.2, 0.25) is 5.91 Å². The number of aryl methyl sites for hydroxylation is 2. The van der Waals surface area contributed by atoms with Gasteiger partial charge in [0, 0.05) is 38.3 Å². The minimum absolute atomic E-state index is 0.0597. The Morgan fingerprint density at radius 3 is 2.88 bits per heavy atom. The number of carbonyl (C=O) groups excluding carboxylic acids is 1. The molecule has 1 amide bonds. The number of thiophene rings is 1. The van der Waals surface area contributed by atoms with E-state index in [0.717, 1.165) is 24.7 Å². The van der Waals surface area contributed by atoms with Crippen molar-refractivity contribution in [1.82, 2.24) is 20.0 Å². The van der Waals surface area contributed by atoms with Crippen molar-refractivity contribution in [1.29, 1.82) is 0 Å². The van der Waals surface area contributed by atoms with Gasteiger partial charge in [-0.25, -0.2) is 0 Å². The lowest BCUT2D eigenvalue weighted by Crippen LogP contribution is -2.55. The number of piperazine rings is 1. The number of nitrogens with zero attached hydrogens (tertiary/aromatic N) is 5. The van der Waals surface area contributed by atoms with Crippen LogP contribution in [0.3, 0.4) is 0 Å². The van der Waals surface area contributed by atoms with E-state index in [-0.39, 0.29) is 5.91 Å². The predicted molar refractivity (Wildman–Crippen MR) is 96.4 cm³/mol. The number of aliphatic imine (C=N–C) groups is 1. The van der Waals surface area contributed by atoms with E-state index in [0.29, 0.717) is 13.1 Å². The monoisotopic (exact) mass is 346 g/mol. The first-order valence-electron chi connectivity index (χ1n) is 7.86. The smallest absolute Gasteiger partial charge is 0.246 e. The molecule has 1 N–H and O–H groups in total. The molecular formula is C16H22N6OS. The summed E-state index contributed by atoms with van der Waals surface area (Å²) in [6, 6.07) is 2.11. The van der Waals surface area contributed by atoms with Crippen LogP contribution in [0.1, 0.15) is 10.4 Å². The Hall–Kier alpha value is -2.35. The first-order valence-corrected chi connectivity index (χ1v) is 8.74. The van der Waals surface area contributed by atoms with Gasteiger partial charge in [0.15, 0.2) is 5.96 Å². The van der Waals surface area contributed by atoms with E-state index < -0.39 is 0 Å². The van der Waals surface area contributed by atoms with Crippen molar-refractivity contribution in [2.45, 2.75) is 13.5 Å². The third-order valence-electron chi connectivity index (χ3n) is 4.11. The van der Waals surface area contributed by atoms with Crippen molar-refractivity contribution in [2.75, 3.05) is 31.6 Å². The van der Waals surface area contributed by atoms with Crippen LogP contribution < -0.4 is 10.2 Å². The average Bonchev–Trinajstić information content (AvgIpc) is 3.17. The summed E-state index contributed by atoms with van der Waals surface area (Å²) in [5.41, 5.74) is 2.12. The molecule has 3 rings (SSSR count). The van der Waals surface area contributed by atoms with Gasteiger partial charge in [-0.05, 0) is 23.9 Å². The van der Waals surface area contributed by atoms with Gasteiger partial charge in [-0.1, -0.05) is 0 Å². The molecule has 0 unspecified atom stereocenters. The number of nitrogens with one attached hydrogen (secondary N) is 1. The highest BCUT2D eigenvalue weighted by atomic mass is 32.1. The van der Waals surface area contributed by atoms with Gasteiger partial charge in [0.05, 0.1) is 18.4 Å². The molecule has 1 saturated heterocycles. The minimum atomic E-state index is 0.0597. The highest BCUT2D eigenvalue weighted by Crippen LogP contribution is 2.17.